The molecule has 0 bridgehead atoms. The second-order valence-corrected chi connectivity index (χ2v) is 7.32. The summed E-state index contributed by atoms with van der Waals surface area (Å²) in [5.74, 6) is 0.709. The molecule has 166 valence electrons. The molecule has 0 spiro atoms. The van der Waals surface area contributed by atoms with Crippen molar-refractivity contribution in [1.29, 1.82) is 0 Å². The van der Waals surface area contributed by atoms with E-state index in [1.165, 1.54) is 19.2 Å². The standard InChI is InChI=1S/C25H20N2O6/c1-16-3-8-19(9-4-16)24-26-21(25(28)33-24)13-18-7-12-22(23(14-18)31-2)32-15-17-5-10-20(11-6-17)27(29)30/h3-14H,15H2,1-2H3/b21-13-. The Kier molecular flexibility index (Phi) is 6.17. The molecule has 0 saturated carbocycles. The number of nitrogens with zero attached hydrogens (tertiary/aromatic N) is 2. The Hall–Kier alpha value is -4.46. The van der Waals surface area contributed by atoms with Crippen LogP contribution in [-0.2, 0) is 16.1 Å². The minimum Gasteiger partial charge on any atom is -0.493 e. The van der Waals surface area contributed by atoms with Crippen molar-refractivity contribution in [2.24, 2.45) is 4.99 Å². The molecule has 3 aromatic rings. The lowest BCUT2D eigenvalue weighted by atomic mass is 10.1. The van der Waals surface area contributed by atoms with Crippen molar-refractivity contribution in [2.75, 3.05) is 7.11 Å². The first-order chi connectivity index (χ1) is 15.9. The van der Waals surface area contributed by atoms with E-state index >= 15 is 0 Å². The van der Waals surface area contributed by atoms with Gasteiger partial charge in [-0.05, 0) is 60.5 Å². The van der Waals surface area contributed by atoms with Gasteiger partial charge in [-0.25, -0.2) is 9.79 Å². The van der Waals surface area contributed by atoms with Crippen LogP contribution in [0.1, 0.15) is 22.3 Å². The molecule has 8 heteroatoms. The molecule has 0 N–H and O–H groups in total. The van der Waals surface area contributed by atoms with Gasteiger partial charge in [-0.1, -0.05) is 23.8 Å². The fourth-order valence-corrected chi connectivity index (χ4v) is 3.15. The number of hydrogen-bond acceptors (Lipinski definition) is 7. The van der Waals surface area contributed by atoms with Gasteiger partial charge in [0.2, 0.25) is 5.90 Å². The van der Waals surface area contributed by atoms with Crippen LogP contribution in [0, 0.1) is 17.0 Å². The summed E-state index contributed by atoms with van der Waals surface area (Å²) >= 11 is 0. The maximum atomic E-state index is 12.3. The average molecular weight is 444 g/mol. The summed E-state index contributed by atoms with van der Waals surface area (Å²) in [6.45, 7) is 2.19. The molecular formula is C25H20N2O6. The first-order valence-electron chi connectivity index (χ1n) is 10.1. The maximum Gasteiger partial charge on any atom is 0.363 e. The SMILES string of the molecule is COc1cc(/C=C2\N=C(c3ccc(C)cc3)OC2=O)ccc1OCc1ccc([N+](=O)[O-])cc1. The number of ether oxygens (including phenoxy) is 3. The van der Waals surface area contributed by atoms with E-state index in [-0.39, 0.29) is 23.9 Å². The lowest BCUT2D eigenvalue weighted by Crippen LogP contribution is -2.05. The highest BCUT2D eigenvalue weighted by Gasteiger charge is 2.24. The number of cyclic esters (lactones) is 1. The Bertz CT molecular complexity index is 1260. The molecule has 0 radical (unpaired) electrons. The summed E-state index contributed by atoms with van der Waals surface area (Å²) in [6.07, 6.45) is 1.62. The first-order valence-corrected chi connectivity index (χ1v) is 10.1. The Morgan fingerprint density at radius 3 is 2.42 bits per heavy atom. The second-order valence-electron chi connectivity index (χ2n) is 7.32. The number of non-ortho nitro benzene ring substituents is 1. The Morgan fingerprint density at radius 2 is 1.76 bits per heavy atom. The highest BCUT2D eigenvalue weighted by atomic mass is 16.6. The molecule has 0 aromatic heterocycles. The Morgan fingerprint density at radius 1 is 1.03 bits per heavy atom. The molecule has 4 rings (SSSR count). The van der Waals surface area contributed by atoms with Crippen LogP contribution in [0.2, 0.25) is 0 Å². The summed E-state index contributed by atoms with van der Waals surface area (Å²) in [6, 6.07) is 18.9. The van der Waals surface area contributed by atoms with E-state index in [1.807, 2.05) is 31.2 Å². The van der Waals surface area contributed by atoms with Gasteiger partial charge < -0.3 is 14.2 Å². The minimum absolute atomic E-state index is 0.0207. The van der Waals surface area contributed by atoms with Crippen molar-refractivity contribution in [3.63, 3.8) is 0 Å². The molecule has 3 aromatic carbocycles. The van der Waals surface area contributed by atoms with E-state index in [1.54, 1.807) is 36.4 Å². The lowest BCUT2D eigenvalue weighted by Gasteiger charge is -2.11. The highest BCUT2D eigenvalue weighted by molar-refractivity contribution is 6.12. The quantitative estimate of drug-likeness (QED) is 0.224. The number of carbonyl (C=O) groups is 1. The van der Waals surface area contributed by atoms with Crippen LogP contribution in [0.4, 0.5) is 5.69 Å². The van der Waals surface area contributed by atoms with Gasteiger partial charge in [-0.2, -0.15) is 0 Å². The van der Waals surface area contributed by atoms with Gasteiger partial charge in [-0.3, -0.25) is 10.1 Å². The number of aliphatic imine (C=N–C) groups is 1. The Labute approximate surface area is 189 Å². The van der Waals surface area contributed by atoms with Gasteiger partial charge in [-0.15, -0.1) is 0 Å². The van der Waals surface area contributed by atoms with Gasteiger partial charge in [0.25, 0.3) is 5.69 Å². The molecule has 0 saturated heterocycles. The van der Waals surface area contributed by atoms with Crippen molar-refractivity contribution < 1.29 is 23.9 Å². The topological polar surface area (TPSA) is 100 Å². The van der Waals surface area contributed by atoms with Gasteiger partial charge in [0.15, 0.2) is 17.2 Å². The summed E-state index contributed by atoms with van der Waals surface area (Å²) < 4.78 is 16.5. The van der Waals surface area contributed by atoms with Crippen molar-refractivity contribution in [3.05, 3.63) is 105 Å². The van der Waals surface area contributed by atoms with Crippen LogP contribution in [0.25, 0.3) is 6.08 Å². The molecule has 8 nitrogen and oxygen atoms in total. The van der Waals surface area contributed by atoms with Gasteiger partial charge in [0.05, 0.1) is 12.0 Å². The smallest absolute Gasteiger partial charge is 0.363 e. The number of methoxy groups -OCH3 is 1. The molecule has 0 fully saturated rings. The van der Waals surface area contributed by atoms with E-state index < -0.39 is 10.9 Å². The van der Waals surface area contributed by atoms with Crippen molar-refractivity contribution in [3.8, 4) is 11.5 Å². The number of nitro groups is 1. The second kappa shape index (κ2) is 9.35. The summed E-state index contributed by atoms with van der Waals surface area (Å²) in [5.41, 5.74) is 3.50. The zero-order valence-corrected chi connectivity index (χ0v) is 18.0. The van der Waals surface area contributed by atoms with Crippen LogP contribution in [0.5, 0.6) is 11.5 Å². The molecule has 33 heavy (non-hydrogen) atoms. The molecular weight excluding hydrogens is 424 g/mol. The van der Waals surface area contributed by atoms with Crippen molar-refractivity contribution in [2.45, 2.75) is 13.5 Å². The highest BCUT2D eigenvalue weighted by Crippen LogP contribution is 2.30. The first kappa shape index (κ1) is 21.8. The van der Waals surface area contributed by atoms with E-state index in [0.29, 0.717) is 17.1 Å². The Balaban J connectivity index is 1.50. The zero-order valence-electron chi connectivity index (χ0n) is 18.0. The molecule has 0 amide bonds. The predicted molar refractivity (Wildman–Crippen MR) is 122 cm³/mol. The fraction of sp³-hybridized carbons (Fsp3) is 0.120. The van der Waals surface area contributed by atoms with Crippen LogP contribution < -0.4 is 9.47 Å². The monoisotopic (exact) mass is 444 g/mol. The number of esters is 1. The number of benzene rings is 3. The van der Waals surface area contributed by atoms with Crippen molar-refractivity contribution >= 4 is 23.6 Å². The van der Waals surface area contributed by atoms with Crippen LogP contribution in [-0.4, -0.2) is 23.9 Å². The number of nitro benzene ring substituents is 1. The van der Waals surface area contributed by atoms with Gasteiger partial charge in [0, 0.05) is 17.7 Å². The van der Waals surface area contributed by atoms with Gasteiger partial charge >= 0.3 is 5.97 Å². The lowest BCUT2D eigenvalue weighted by molar-refractivity contribution is -0.384. The minimum atomic E-state index is -0.525. The number of aryl methyl sites for hydroxylation is 1. The van der Waals surface area contributed by atoms with Gasteiger partial charge in [0.1, 0.15) is 6.61 Å². The largest absolute Gasteiger partial charge is 0.493 e. The fourth-order valence-electron chi connectivity index (χ4n) is 3.15. The summed E-state index contributed by atoms with van der Waals surface area (Å²) in [7, 11) is 1.52. The molecule has 0 atom stereocenters. The zero-order chi connectivity index (χ0) is 23.4. The summed E-state index contributed by atoms with van der Waals surface area (Å²) in [5, 5.41) is 10.8. The summed E-state index contributed by atoms with van der Waals surface area (Å²) in [4.78, 5) is 26.9. The van der Waals surface area contributed by atoms with E-state index in [0.717, 1.165) is 16.7 Å². The molecule has 1 aliphatic heterocycles. The molecule has 0 aliphatic carbocycles. The normalized spacial score (nSPS) is 14.1. The van der Waals surface area contributed by atoms with Crippen LogP contribution in [0.15, 0.2) is 77.4 Å². The molecule has 0 unspecified atom stereocenters. The molecule has 1 aliphatic rings. The third-order valence-electron chi connectivity index (χ3n) is 4.95. The third kappa shape index (κ3) is 5.07. The number of rotatable bonds is 7. The maximum absolute atomic E-state index is 12.3. The van der Waals surface area contributed by atoms with E-state index in [4.69, 9.17) is 14.2 Å². The van der Waals surface area contributed by atoms with Crippen LogP contribution in [0.3, 0.4) is 0 Å². The number of hydrogen-bond donors (Lipinski definition) is 0. The molecule has 1 heterocycles. The number of carbonyl (C=O) groups excluding carboxylic acids is 1. The van der Waals surface area contributed by atoms with E-state index in [2.05, 4.69) is 4.99 Å². The predicted octanol–water partition coefficient (Wildman–Crippen LogP) is 4.84. The van der Waals surface area contributed by atoms with E-state index in [9.17, 15) is 14.9 Å². The van der Waals surface area contributed by atoms with Crippen molar-refractivity contribution in [1.82, 2.24) is 0 Å². The third-order valence-corrected chi connectivity index (χ3v) is 4.95. The van der Waals surface area contributed by atoms with Crippen LogP contribution >= 0.6 is 0 Å². The average Bonchev–Trinajstić information content (AvgIpc) is 3.18.